The maximum Gasteiger partial charge on any atom is 0.0612 e. The zero-order valence-electron chi connectivity index (χ0n) is 10.3. The lowest BCUT2D eigenvalue weighted by Crippen LogP contribution is -1.78. The fourth-order valence-corrected chi connectivity index (χ4v) is 1.31. The molecular formula is C14H24O. The van der Waals surface area contributed by atoms with E-state index in [1.807, 2.05) is 6.08 Å². The first-order valence-electron chi connectivity index (χ1n) is 5.71. The first kappa shape index (κ1) is 14.2. The van der Waals surface area contributed by atoms with Crippen LogP contribution in [0.25, 0.3) is 0 Å². The summed E-state index contributed by atoms with van der Waals surface area (Å²) in [4.78, 5) is 0. The summed E-state index contributed by atoms with van der Waals surface area (Å²) in [6.07, 6.45) is 12.8. The summed E-state index contributed by atoms with van der Waals surface area (Å²) in [6.45, 7) is 6.60. The summed E-state index contributed by atoms with van der Waals surface area (Å²) < 4.78 is 0. The Morgan fingerprint density at radius 1 is 0.933 bits per heavy atom. The molecule has 0 saturated heterocycles. The molecule has 1 heteroatoms. The molecule has 0 aliphatic carbocycles. The van der Waals surface area contributed by atoms with Crippen LogP contribution in [0.5, 0.6) is 0 Å². The average molecular weight is 208 g/mol. The van der Waals surface area contributed by atoms with Crippen LogP contribution in [0, 0.1) is 0 Å². The van der Waals surface area contributed by atoms with Gasteiger partial charge in [-0.05, 0) is 46.5 Å². The summed E-state index contributed by atoms with van der Waals surface area (Å²) in [7, 11) is 0. The molecule has 86 valence electrons. The number of hydrogen-bond donors (Lipinski definition) is 1. The van der Waals surface area contributed by atoms with E-state index in [0.717, 1.165) is 25.7 Å². The molecule has 15 heavy (non-hydrogen) atoms. The second kappa shape index (κ2) is 9.72. The van der Waals surface area contributed by atoms with Gasteiger partial charge < -0.3 is 5.11 Å². The normalized spacial score (nSPS) is 12.1. The Morgan fingerprint density at radius 2 is 1.60 bits per heavy atom. The largest absolute Gasteiger partial charge is 0.392 e. The summed E-state index contributed by atoms with van der Waals surface area (Å²) in [5.74, 6) is 0. The van der Waals surface area contributed by atoms with E-state index < -0.39 is 0 Å². The van der Waals surface area contributed by atoms with E-state index in [9.17, 15) is 0 Å². The van der Waals surface area contributed by atoms with E-state index in [1.165, 1.54) is 11.1 Å². The van der Waals surface area contributed by atoms with E-state index in [2.05, 4.69) is 32.9 Å². The van der Waals surface area contributed by atoms with Crippen molar-refractivity contribution in [3.05, 3.63) is 35.5 Å². The van der Waals surface area contributed by atoms with Gasteiger partial charge in [-0.2, -0.15) is 0 Å². The van der Waals surface area contributed by atoms with Gasteiger partial charge in [-0.15, -0.1) is 0 Å². The zero-order valence-corrected chi connectivity index (χ0v) is 10.3. The minimum Gasteiger partial charge on any atom is -0.392 e. The number of aliphatic hydroxyl groups excluding tert-OH is 1. The van der Waals surface area contributed by atoms with Crippen molar-refractivity contribution in [2.45, 2.75) is 46.5 Å². The predicted octanol–water partition coefficient (Wildman–Crippen LogP) is 4.01. The fourth-order valence-electron chi connectivity index (χ4n) is 1.31. The monoisotopic (exact) mass is 208 g/mol. The van der Waals surface area contributed by atoms with Crippen molar-refractivity contribution < 1.29 is 5.11 Å². The molecule has 0 unspecified atom stereocenters. The molecule has 0 aliphatic heterocycles. The van der Waals surface area contributed by atoms with Crippen LogP contribution in [-0.2, 0) is 0 Å². The Kier molecular flexibility index (Phi) is 9.19. The van der Waals surface area contributed by atoms with Gasteiger partial charge in [-0.25, -0.2) is 0 Å². The van der Waals surface area contributed by atoms with Crippen LogP contribution in [-0.4, -0.2) is 11.7 Å². The molecule has 0 rings (SSSR count). The quantitative estimate of drug-likeness (QED) is 0.495. The van der Waals surface area contributed by atoms with E-state index in [0.29, 0.717) is 0 Å². The Morgan fingerprint density at radius 3 is 2.20 bits per heavy atom. The first-order chi connectivity index (χ1) is 7.16. The minimum atomic E-state index is 0.156. The van der Waals surface area contributed by atoms with Gasteiger partial charge in [0.1, 0.15) is 0 Å². The maximum atomic E-state index is 8.55. The Hall–Kier alpha value is -0.820. The highest BCUT2D eigenvalue weighted by Crippen LogP contribution is 2.07. The van der Waals surface area contributed by atoms with Crippen LogP contribution >= 0.6 is 0 Å². The second-order valence-electron chi connectivity index (χ2n) is 4.10. The lowest BCUT2D eigenvalue weighted by Gasteiger charge is -1.97. The molecule has 0 atom stereocenters. The van der Waals surface area contributed by atoms with Crippen LogP contribution < -0.4 is 0 Å². The molecule has 1 N–H and O–H groups in total. The third kappa shape index (κ3) is 11.1. The number of allylic oxidation sites excluding steroid dienone is 5. The van der Waals surface area contributed by atoms with Crippen LogP contribution in [0.1, 0.15) is 46.5 Å². The highest BCUT2D eigenvalue weighted by atomic mass is 16.2. The van der Waals surface area contributed by atoms with Gasteiger partial charge in [-0.1, -0.05) is 35.5 Å². The van der Waals surface area contributed by atoms with Crippen molar-refractivity contribution in [1.29, 1.82) is 0 Å². The molecule has 0 fully saturated rings. The first-order valence-corrected chi connectivity index (χ1v) is 5.71. The third-order valence-electron chi connectivity index (χ3n) is 2.19. The third-order valence-corrected chi connectivity index (χ3v) is 2.19. The van der Waals surface area contributed by atoms with Crippen molar-refractivity contribution in [3.8, 4) is 0 Å². The zero-order chi connectivity index (χ0) is 11.5. The summed E-state index contributed by atoms with van der Waals surface area (Å²) in [5, 5.41) is 8.55. The number of aliphatic hydroxyl groups is 1. The van der Waals surface area contributed by atoms with Gasteiger partial charge in [0, 0.05) is 0 Å². The topological polar surface area (TPSA) is 20.2 Å². The smallest absolute Gasteiger partial charge is 0.0612 e. The van der Waals surface area contributed by atoms with Gasteiger partial charge in [0.15, 0.2) is 0 Å². The second-order valence-corrected chi connectivity index (χ2v) is 4.10. The molecule has 0 radical (unpaired) electrons. The predicted molar refractivity (Wildman–Crippen MR) is 67.9 cm³/mol. The molecule has 1 nitrogen and oxygen atoms in total. The van der Waals surface area contributed by atoms with E-state index in [4.69, 9.17) is 5.11 Å². The lowest BCUT2D eigenvalue weighted by atomic mass is 10.1. The molecule has 0 spiro atoms. The SMILES string of the molecule is CC(C)=CCCC=C(C)CCC=CCO. The summed E-state index contributed by atoms with van der Waals surface area (Å²) >= 11 is 0. The van der Waals surface area contributed by atoms with Gasteiger partial charge in [0.2, 0.25) is 0 Å². The Balaban J connectivity index is 3.61. The van der Waals surface area contributed by atoms with Gasteiger partial charge in [-0.3, -0.25) is 0 Å². The highest BCUT2D eigenvalue weighted by Gasteiger charge is 1.87. The molecule has 0 aromatic rings. The van der Waals surface area contributed by atoms with Gasteiger partial charge in [0.05, 0.1) is 6.61 Å². The highest BCUT2D eigenvalue weighted by molar-refractivity contribution is 5.02. The number of hydrogen-bond acceptors (Lipinski definition) is 1. The Labute approximate surface area is 94.2 Å². The van der Waals surface area contributed by atoms with Crippen molar-refractivity contribution in [2.75, 3.05) is 6.61 Å². The standard InChI is InChI=1S/C14H24O/c1-13(2)9-6-7-11-14(3)10-5-4-8-12-15/h4,8-9,11,15H,5-7,10,12H2,1-3H3. The van der Waals surface area contributed by atoms with Crippen molar-refractivity contribution in [3.63, 3.8) is 0 Å². The van der Waals surface area contributed by atoms with Gasteiger partial charge in [0.25, 0.3) is 0 Å². The van der Waals surface area contributed by atoms with Gasteiger partial charge >= 0.3 is 0 Å². The summed E-state index contributed by atoms with van der Waals surface area (Å²) in [5.41, 5.74) is 2.84. The van der Waals surface area contributed by atoms with Crippen molar-refractivity contribution >= 4 is 0 Å². The molecule has 0 heterocycles. The molecule has 0 aliphatic rings. The van der Waals surface area contributed by atoms with E-state index >= 15 is 0 Å². The van der Waals surface area contributed by atoms with Crippen molar-refractivity contribution in [2.24, 2.45) is 0 Å². The number of unbranched alkanes of at least 4 members (excludes halogenated alkanes) is 1. The Bertz CT molecular complexity index is 230. The van der Waals surface area contributed by atoms with E-state index in [-0.39, 0.29) is 6.61 Å². The molecule has 0 amide bonds. The fraction of sp³-hybridized carbons (Fsp3) is 0.571. The molecule has 0 aromatic heterocycles. The van der Waals surface area contributed by atoms with Crippen LogP contribution in [0.4, 0.5) is 0 Å². The maximum absolute atomic E-state index is 8.55. The molecule has 0 aromatic carbocycles. The van der Waals surface area contributed by atoms with Crippen LogP contribution in [0.2, 0.25) is 0 Å². The van der Waals surface area contributed by atoms with E-state index in [1.54, 1.807) is 6.08 Å². The average Bonchev–Trinajstić information content (AvgIpc) is 2.19. The molecule has 0 bridgehead atoms. The molecular weight excluding hydrogens is 184 g/mol. The van der Waals surface area contributed by atoms with Crippen molar-refractivity contribution in [1.82, 2.24) is 0 Å². The van der Waals surface area contributed by atoms with Crippen LogP contribution in [0.3, 0.4) is 0 Å². The lowest BCUT2D eigenvalue weighted by molar-refractivity contribution is 0.342. The minimum absolute atomic E-state index is 0.156. The molecule has 0 saturated carbocycles. The van der Waals surface area contributed by atoms with Crippen LogP contribution in [0.15, 0.2) is 35.5 Å². The number of rotatable bonds is 7. The summed E-state index contributed by atoms with van der Waals surface area (Å²) in [6, 6.07) is 0.